The smallest absolute Gasteiger partial charge is 0.0707 e. The molecule has 3 heteroatoms. The Kier molecular flexibility index (Phi) is 6.11. The molecule has 1 atom stereocenters. The predicted octanol–water partition coefficient (Wildman–Crippen LogP) is 3.24. The molecule has 2 nitrogen and oxygen atoms in total. The molecule has 1 N–H and O–H groups in total. The molecule has 0 spiro atoms. The van der Waals surface area contributed by atoms with E-state index in [0.717, 1.165) is 5.56 Å². The van der Waals surface area contributed by atoms with Crippen LogP contribution < -0.4 is 15.9 Å². The third kappa shape index (κ3) is 4.63. The van der Waals surface area contributed by atoms with E-state index in [2.05, 4.69) is 83.9 Å². The van der Waals surface area contributed by atoms with E-state index in [1.807, 2.05) is 12.3 Å². The Hall–Kier alpha value is -2.28. The fourth-order valence-electron chi connectivity index (χ4n) is 2.69. The molecule has 0 aromatic heterocycles. The van der Waals surface area contributed by atoms with Gasteiger partial charge < -0.3 is 5.11 Å². The largest absolute Gasteiger partial charge is 0.391 e. The van der Waals surface area contributed by atoms with E-state index in [-0.39, 0.29) is 0 Å². The number of hydrogen-bond acceptors (Lipinski definition) is 2. The Balaban J connectivity index is 2.07. The number of benzene rings is 3. The minimum atomic E-state index is -0.652. The van der Waals surface area contributed by atoms with Crippen LogP contribution in [0.3, 0.4) is 0 Å². The number of rotatable bonds is 6. The summed E-state index contributed by atoms with van der Waals surface area (Å²) in [6.45, 7) is 2.17. The lowest BCUT2D eigenvalue weighted by molar-refractivity contribution is 0.204. The summed E-state index contributed by atoms with van der Waals surface area (Å²) in [6.07, 6.45) is 1.47. The summed E-state index contributed by atoms with van der Waals surface area (Å²) in [7, 11) is -0.652. The highest BCUT2D eigenvalue weighted by Crippen LogP contribution is 2.33. The second kappa shape index (κ2) is 8.71. The quantitative estimate of drug-likeness (QED) is 0.539. The minimum absolute atomic E-state index is 0.420. The maximum atomic E-state index is 9.46. The zero-order chi connectivity index (χ0) is 17.5. The summed E-state index contributed by atoms with van der Waals surface area (Å²) >= 11 is 0. The van der Waals surface area contributed by atoms with Crippen molar-refractivity contribution in [2.75, 3.05) is 6.54 Å². The Bertz CT molecular complexity index is 776. The molecule has 3 aromatic rings. The van der Waals surface area contributed by atoms with Gasteiger partial charge in [0.25, 0.3) is 0 Å². The van der Waals surface area contributed by atoms with E-state index in [4.69, 9.17) is 0 Å². The van der Waals surface area contributed by atoms with Gasteiger partial charge in [0, 0.05) is 11.8 Å². The SMILES string of the molecule is C[C@@H](O)CN=Cc1ccccc1P(c1ccccc1)c1ccccc1. The summed E-state index contributed by atoms with van der Waals surface area (Å²) in [4.78, 5) is 4.41. The van der Waals surface area contributed by atoms with Crippen molar-refractivity contribution < 1.29 is 5.11 Å². The van der Waals surface area contributed by atoms with Gasteiger partial charge in [0.2, 0.25) is 0 Å². The first kappa shape index (κ1) is 17.5. The molecule has 0 heterocycles. The van der Waals surface area contributed by atoms with Crippen LogP contribution in [-0.4, -0.2) is 24.0 Å². The average molecular weight is 347 g/mol. The lowest BCUT2D eigenvalue weighted by atomic mass is 10.2. The molecule has 3 aromatic carbocycles. The van der Waals surface area contributed by atoms with Gasteiger partial charge in [-0.2, -0.15) is 0 Å². The van der Waals surface area contributed by atoms with Crippen molar-refractivity contribution in [3.05, 3.63) is 90.5 Å². The van der Waals surface area contributed by atoms with Gasteiger partial charge in [-0.1, -0.05) is 84.9 Å². The Morgan fingerprint density at radius 2 is 1.36 bits per heavy atom. The van der Waals surface area contributed by atoms with E-state index >= 15 is 0 Å². The zero-order valence-corrected chi connectivity index (χ0v) is 15.2. The summed E-state index contributed by atoms with van der Waals surface area (Å²) in [5.41, 5.74) is 1.11. The highest BCUT2D eigenvalue weighted by molar-refractivity contribution is 7.80. The molecule has 0 aliphatic rings. The lowest BCUT2D eigenvalue weighted by Crippen LogP contribution is -2.23. The molecule has 0 bridgehead atoms. The molecule has 0 unspecified atom stereocenters. The van der Waals surface area contributed by atoms with Crippen LogP contribution in [-0.2, 0) is 0 Å². The second-order valence-corrected chi connectivity index (χ2v) is 8.09. The molecule has 126 valence electrons. The number of aliphatic imine (C=N–C) groups is 1. The monoisotopic (exact) mass is 347 g/mol. The van der Waals surface area contributed by atoms with Crippen LogP contribution in [0.5, 0.6) is 0 Å². The average Bonchev–Trinajstić information content (AvgIpc) is 2.65. The van der Waals surface area contributed by atoms with E-state index in [1.165, 1.54) is 15.9 Å². The van der Waals surface area contributed by atoms with Crippen LogP contribution in [0.1, 0.15) is 12.5 Å². The lowest BCUT2D eigenvalue weighted by Gasteiger charge is -2.21. The first-order valence-corrected chi connectivity index (χ1v) is 9.77. The van der Waals surface area contributed by atoms with Gasteiger partial charge in [0.05, 0.1) is 12.6 Å². The first-order chi connectivity index (χ1) is 12.3. The van der Waals surface area contributed by atoms with Crippen LogP contribution in [0.25, 0.3) is 0 Å². The normalized spacial score (nSPS) is 12.6. The topological polar surface area (TPSA) is 32.6 Å². The van der Waals surface area contributed by atoms with Crippen LogP contribution in [0.4, 0.5) is 0 Å². The fourth-order valence-corrected chi connectivity index (χ4v) is 5.11. The minimum Gasteiger partial charge on any atom is -0.391 e. The summed E-state index contributed by atoms with van der Waals surface area (Å²) in [5, 5.41) is 13.4. The first-order valence-electron chi connectivity index (χ1n) is 8.43. The standard InChI is InChI=1S/C22H22NOP/c1-18(24)16-23-17-19-10-8-9-15-22(19)25(20-11-4-2-5-12-20)21-13-6-3-7-14-21/h2-15,17-18,24H,16H2,1H3/t18-/m1/s1. The molecule has 0 amide bonds. The Labute approximate surface area is 150 Å². The van der Waals surface area contributed by atoms with E-state index in [0.29, 0.717) is 6.54 Å². The third-order valence-corrected chi connectivity index (χ3v) is 6.32. The van der Waals surface area contributed by atoms with E-state index in [1.54, 1.807) is 6.92 Å². The maximum absolute atomic E-state index is 9.46. The van der Waals surface area contributed by atoms with Gasteiger partial charge in [0.15, 0.2) is 0 Å². The van der Waals surface area contributed by atoms with Gasteiger partial charge in [-0.3, -0.25) is 4.99 Å². The Morgan fingerprint density at radius 3 is 1.92 bits per heavy atom. The summed E-state index contributed by atoms with van der Waals surface area (Å²) < 4.78 is 0. The van der Waals surface area contributed by atoms with Crippen molar-refractivity contribution in [2.24, 2.45) is 4.99 Å². The Morgan fingerprint density at radius 1 is 0.840 bits per heavy atom. The van der Waals surface area contributed by atoms with Crippen LogP contribution in [0.2, 0.25) is 0 Å². The predicted molar refractivity (Wildman–Crippen MR) is 109 cm³/mol. The molecule has 0 aliphatic carbocycles. The van der Waals surface area contributed by atoms with Crippen LogP contribution >= 0.6 is 7.92 Å². The highest BCUT2D eigenvalue weighted by atomic mass is 31.1. The van der Waals surface area contributed by atoms with Crippen molar-refractivity contribution in [3.8, 4) is 0 Å². The molecule has 0 saturated heterocycles. The molecule has 0 radical (unpaired) electrons. The number of aliphatic hydroxyl groups excluding tert-OH is 1. The van der Waals surface area contributed by atoms with Gasteiger partial charge >= 0.3 is 0 Å². The molecule has 0 fully saturated rings. The maximum Gasteiger partial charge on any atom is 0.0707 e. The third-order valence-electron chi connectivity index (χ3n) is 3.81. The van der Waals surface area contributed by atoms with Gasteiger partial charge in [-0.25, -0.2) is 0 Å². The molecule has 25 heavy (non-hydrogen) atoms. The number of nitrogens with zero attached hydrogens (tertiary/aromatic N) is 1. The molecule has 3 rings (SSSR count). The van der Waals surface area contributed by atoms with E-state index < -0.39 is 14.0 Å². The highest BCUT2D eigenvalue weighted by Gasteiger charge is 2.18. The van der Waals surface area contributed by atoms with Gasteiger partial charge in [-0.15, -0.1) is 0 Å². The van der Waals surface area contributed by atoms with Crippen LogP contribution in [0, 0.1) is 0 Å². The van der Waals surface area contributed by atoms with Gasteiger partial charge in [0.1, 0.15) is 0 Å². The number of aliphatic hydroxyl groups is 1. The molecular weight excluding hydrogens is 325 g/mol. The number of hydrogen-bond donors (Lipinski definition) is 1. The molecule has 0 aliphatic heterocycles. The second-order valence-electron chi connectivity index (χ2n) is 5.91. The van der Waals surface area contributed by atoms with Crippen molar-refractivity contribution in [3.63, 3.8) is 0 Å². The molecular formula is C22H22NOP. The fraction of sp³-hybridized carbons (Fsp3) is 0.136. The van der Waals surface area contributed by atoms with Gasteiger partial charge in [-0.05, 0) is 30.8 Å². The van der Waals surface area contributed by atoms with Crippen molar-refractivity contribution in [2.45, 2.75) is 13.0 Å². The molecule has 0 saturated carbocycles. The summed E-state index contributed by atoms with van der Waals surface area (Å²) in [6, 6.07) is 29.7. The van der Waals surface area contributed by atoms with E-state index in [9.17, 15) is 5.11 Å². The van der Waals surface area contributed by atoms with Crippen molar-refractivity contribution in [1.82, 2.24) is 0 Å². The zero-order valence-electron chi connectivity index (χ0n) is 14.3. The van der Waals surface area contributed by atoms with Crippen molar-refractivity contribution in [1.29, 1.82) is 0 Å². The summed E-state index contributed by atoms with van der Waals surface area (Å²) in [5.74, 6) is 0. The van der Waals surface area contributed by atoms with Crippen LogP contribution in [0.15, 0.2) is 89.9 Å². The van der Waals surface area contributed by atoms with Crippen molar-refractivity contribution >= 4 is 30.0 Å².